The monoisotopic (exact) mass is 273 g/mol. The Morgan fingerprint density at radius 1 is 1.12 bits per heavy atom. The maximum absolute atomic E-state index is 3.49. The Hall–Kier alpha value is -0.180. The second-order valence-electron chi connectivity index (χ2n) is 5.28. The molecule has 1 nitrogen and oxygen atoms in total. The Kier molecular flexibility index (Phi) is 8.75. The highest BCUT2D eigenvalue weighted by atomic mass is 35.5. The lowest BCUT2D eigenvalue weighted by molar-refractivity contribution is 0.385. The zero-order chi connectivity index (χ0) is 11.9. The number of hydrogen-bond donors (Lipinski definition) is 1. The van der Waals surface area contributed by atoms with Gasteiger partial charge in [-0.2, -0.15) is 11.8 Å². The van der Waals surface area contributed by atoms with Gasteiger partial charge in [-0.3, -0.25) is 0 Å². The summed E-state index contributed by atoms with van der Waals surface area (Å²) in [7, 11) is 0. The summed E-state index contributed by atoms with van der Waals surface area (Å²) in [5.41, 5.74) is 1.81. The molecule has 0 aliphatic carbocycles. The van der Waals surface area contributed by atoms with Gasteiger partial charge in [0.05, 0.1) is 0 Å². The van der Waals surface area contributed by atoms with E-state index in [4.69, 9.17) is 0 Å². The Balaban J connectivity index is 0.00000256. The SMILES string of the molecule is CC(C)(C)CNCCSCc1ccccc1.Cl. The third-order valence-corrected chi connectivity index (χ3v) is 3.22. The van der Waals surface area contributed by atoms with Crippen molar-refractivity contribution in [1.82, 2.24) is 5.32 Å². The predicted molar refractivity (Wildman–Crippen MR) is 82.2 cm³/mol. The first-order chi connectivity index (χ1) is 7.58. The Morgan fingerprint density at radius 2 is 1.76 bits per heavy atom. The van der Waals surface area contributed by atoms with Crippen LogP contribution < -0.4 is 5.32 Å². The number of thioether (sulfide) groups is 1. The zero-order valence-corrected chi connectivity index (χ0v) is 12.7. The second kappa shape index (κ2) is 8.84. The predicted octanol–water partition coefficient (Wildman–Crippen LogP) is 3.98. The first kappa shape index (κ1) is 16.8. The minimum absolute atomic E-state index is 0. The molecule has 0 saturated heterocycles. The molecule has 0 unspecified atom stereocenters. The summed E-state index contributed by atoms with van der Waals surface area (Å²) in [5.74, 6) is 2.31. The Bertz CT molecular complexity index is 282. The van der Waals surface area contributed by atoms with E-state index < -0.39 is 0 Å². The quantitative estimate of drug-likeness (QED) is 0.787. The van der Waals surface area contributed by atoms with Crippen molar-refractivity contribution in [2.45, 2.75) is 26.5 Å². The largest absolute Gasteiger partial charge is 0.315 e. The van der Waals surface area contributed by atoms with E-state index in [2.05, 4.69) is 56.4 Å². The van der Waals surface area contributed by atoms with Crippen molar-refractivity contribution in [2.75, 3.05) is 18.8 Å². The van der Waals surface area contributed by atoms with Crippen LogP contribution in [-0.2, 0) is 5.75 Å². The van der Waals surface area contributed by atoms with Gasteiger partial charge in [-0.25, -0.2) is 0 Å². The second-order valence-corrected chi connectivity index (χ2v) is 6.38. The van der Waals surface area contributed by atoms with E-state index >= 15 is 0 Å². The van der Waals surface area contributed by atoms with E-state index in [1.807, 2.05) is 11.8 Å². The summed E-state index contributed by atoms with van der Waals surface area (Å²) in [6.45, 7) is 8.99. The maximum atomic E-state index is 3.49. The lowest BCUT2D eigenvalue weighted by atomic mass is 9.97. The van der Waals surface area contributed by atoms with Crippen LogP contribution in [0.1, 0.15) is 26.3 Å². The van der Waals surface area contributed by atoms with Crippen molar-refractivity contribution in [3.8, 4) is 0 Å². The first-order valence-corrected chi connectivity index (χ1v) is 7.06. The molecule has 1 aromatic rings. The summed E-state index contributed by atoms with van der Waals surface area (Å²) >= 11 is 1.99. The molecule has 0 bridgehead atoms. The van der Waals surface area contributed by atoms with Crippen LogP contribution in [0.3, 0.4) is 0 Å². The summed E-state index contributed by atoms with van der Waals surface area (Å²) in [4.78, 5) is 0. The highest BCUT2D eigenvalue weighted by molar-refractivity contribution is 7.98. The topological polar surface area (TPSA) is 12.0 Å². The average molecular weight is 274 g/mol. The van der Waals surface area contributed by atoms with Crippen LogP contribution in [0.15, 0.2) is 30.3 Å². The zero-order valence-electron chi connectivity index (χ0n) is 11.0. The van der Waals surface area contributed by atoms with Crippen LogP contribution in [0.5, 0.6) is 0 Å². The molecule has 0 aromatic heterocycles. The summed E-state index contributed by atoms with van der Waals surface area (Å²) in [5, 5.41) is 3.49. The minimum atomic E-state index is 0. The number of rotatable bonds is 6. The van der Waals surface area contributed by atoms with Gasteiger partial charge in [0.25, 0.3) is 0 Å². The highest BCUT2D eigenvalue weighted by Gasteiger charge is 2.07. The van der Waals surface area contributed by atoms with Gasteiger partial charge < -0.3 is 5.32 Å². The molecule has 0 aliphatic heterocycles. The number of hydrogen-bond acceptors (Lipinski definition) is 2. The average Bonchev–Trinajstić information content (AvgIpc) is 2.23. The third-order valence-electron chi connectivity index (χ3n) is 2.19. The molecule has 0 atom stereocenters. The smallest absolute Gasteiger partial charge is 0.0185 e. The molecule has 3 heteroatoms. The van der Waals surface area contributed by atoms with E-state index in [1.54, 1.807) is 0 Å². The maximum Gasteiger partial charge on any atom is 0.0185 e. The van der Waals surface area contributed by atoms with Crippen molar-refractivity contribution >= 4 is 24.2 Å². The van der Waals surface area contributed by atoms with Gasteiger partial charge in [-0.15, -0.1) is 12.4 Å². The first-order valence-electron chi connectivity index (χ1n) is 5.90. The van der Waals surface area contributed by atoms with Crippen molar-refractivity contribution < 1.29 is 0 Å². The van der Waals surface area contributed by atoms with Crippen LogP contribution in [0, 0.1) is 5.41 Å². The van der Waals surface area contributed by atoms with E-state index in [0.717, 1.165) is 18.8 Å². The van der Waals surface area contributed by atoms with Gasteiger partial charge in [0.1, 0.15) is 0 Å². The molecule has 98 valence electrons. The van der Waals surface area contributed by atoms with Crippen LogP contribution in [0.2, 0.25) is 0 Å². The highest BCUT2D eigenvalue weighted by Crippen LogP contribution is 2.12. The molecule has 0 aliphatic rings. The van der Waals surface area contributed by atoms with Crippen LogP contribution in [0.4, 0.5) is 0 Å². The fourth-order valence-electron chi connectivity index (χ4n) is 1.37. The van der Waals surface area contributed by atoms with Crippen molar-refractivity contribution in [3.05, 3.63) is 35.9 Å². The minimum Gasteiger partial charge on any atom is -0.315 e. The molecule has 0 fully saturated rings. The van der Waals surface area contributed by atoms with Crippen LogP contribution >= 0.6 is 24.2 Å². The van der Waals surface area contributed by atoms with Gasteiger partial charge in [-0.05, 0) is 11.0 Å². The molecule has 1 aromatic carbocycles. The van der Waals surface area contributed by atoms with Crippen molar-refractivity contribution in [1.29, 1.82) is 0 Å². The van der Waals surface area contributed by atoms with E-state index in [1.165, 1.54) is 11.3 Å². The normalized spacial score (nSPS) is 11.0. The Morgan fingerprint density at radius 3 is 2.35 bits per heavy atom. The molecule has 0 spiro atoms. The van der Waals surface area contributed by atoms with Gasteiger partial charge in [-0.1, -0.05) is 51.1 Å². The fraction of sp³-hybridized carbons (Fsp3) is 0.571. The third kappa shape index (κ3) is 9.51. The van der Waals surface area contributed by atoms with Gasteiger partial charge in [0, 0.05) is 24.6 Å². The van der Waals surface area contributed by atoms with Gasteiger partial charge in [0.2, 0.25) is 0 Å². The molecule has 0 radical (unpaired) electrons. The fourth-order valence-corrected chi connectivity index (χ4v) is 2.23. The van der Waals surface area contributed by atoms with Crippen molar-refractivity contribution in [2.24, 2.45) is 5.41 Å². The molecule has 0 amide bonds. The van der Waals surface area contributed by atoms with E-state index in [-0.39, 0.29) is 12.4 Å². The van der Waals surface area contributed by atoms with Crippen LogP contribution in [0.25, 0.3) is 0 Å². The Labute approximate surface area is 116 Å². The van der Waals surface area contributed by atoms with Crippen LogP contribution in [-0.4, -0.2) is 18.8 Å². The van der Waals surface area contributed by atoms with E-state index in [0.29, 0.717) is 5.41 Å². The molecule has 0 heterocycles. The molecule has 1 rings (SSSR count). The number of halogens is 1. The van der Waals surface area contributed by atoms with Gasteiger partial charge in [0.15, 0.2) is 0 Å². The molecule has 1 N–H and O–H groups in total. The molecule has 17 heavy (non-hydrogen) atoms. The molecular weight excluding hydrogens is 250 g/mol. The number of nitrogens with one attached hydrogen (secondary N) is 1. The number of benzene rings is 1. The summed E-state index contributed by atoms with van der Waals surface area (Å²) in [6.07, 6.45) is 0. The summed E-state index contributed by atoms with van der Waals surface area (Å²) < 4.78 is 0. The lowest BCUT2D eigenvalue weighted by Crippen LogP contribution is -2.28. The lowest BCUT2D eigenvalue weighted by Gasteiger charge is -2.18. The molecule has 0 saturated carbocycles. The van der Waals surface area contributed by atoms with E-state index in [9.17, 15) is 0 Å². The summed E-state index contributed by atoms with van der Waals surface area (Å²) in [6, 6.07) is 10.7. The van der Waals surface area contributed by atoms with Gasteiger partial charge >= 0.3 is 0 Å². The van der Waals surface area contributed by atoms with Crippen molar-refractivity contribution in [3.63, 3.8) is 0 Å². The standard InChI is InChI=1S/C14H23NS.ClH/c1-14(2,3)12-15-9-10-16-11-13-7-5-4-6-8-13;/h4-8,15H,9-12H2,1-3H3;1H. The molecular formula is C14H24ClNS.